The fourth-order valence-corrected chi connectivity index (χ4v) is 2.49. The minimum absolute atomic E-state index is 0.204. The van der Waals surface area contributed by atoms with E-state index in [1.54, 1.807) is 6.92 Å². The molecule has 0 aliphatic heterocycles. The van der Waals surface area contributed by atoms with Crippen molar-refractivity contribution in [3.63, 3.8) is 0 Å². The maximum Gasteiger partial charge on any atom is 0.287 e. The summed E-state index contributed by atoms with van der Waals surface area (Å²) in [5.74, 6) is 0.00989. The van der Waals surface area contributed by atoms with Gasteiger partial charge in [0.05, 0.1) is 6.10 Å². The molecule has 0 aliphatic rings. The van der Waals surface area contributed by atoms with Crippen LogP contribution >= 0.6 is 0 Å². The number of amides is 1. The van der Waals surface area contributed by atoms with Crippen molar-refractivity contribution in [2.75, 3.05) is 6.54 Å². The van der Waals surface area contributed by atoms with Crippen LogP contribution in [0.5, 0.6) is 0 Å². The van der Waals surface area contributed by atoms with E-state index in [-0.39, 0.29) is 12.5 Å². The van der Waals surface area contributed by atoms with Crippen LogP contribution in [0.4, 0.5) is 0 Å². The first kappa shape index (κ1) is 13.6. The van der Waals surface area contributed by atoms with Crippen molar-refractivity contribution in [1.29, 1.82) is 0 Å². The van der Waals surface area contributed by atoms with Crippen molar-refractivity contribution in [3.05, 3.63) is 47.7 Å². The summed E-state index contributed by atoms with van der Waals surface area (Å²) in [5, 5.41) is 14.9. The second-order valence-corrected chi connectivity index (χ2v) is 5.28. The molecule has 0 saturated carbocycles. The molecule has 1 atom stereocenters. The molecule has 4 heteroatoms. The summed E-state index contributed by atoms with van der Waals surface area (Å²) in [4.78, 5) is 12.2. The monoisotopic (exact) mass is 283 g/mol. The zero-order valence-corrected chi connectivity index (χ0v) is 12.0. The van der Waals surface area contributed by atoms with Crippen molar-refractivity contribution in [1.82, 2.24) is 5.32 Å². The molecule has 21 heavy (non-hydrogen) atoms. The van der Waals surface area contributed by atoms with E-state index in [0.717, 1.165) is 27.3 Å². The predicted octanol–water partition coefficient (Wildman–Crippen LogP) is 3.01. The Hall–Kier alpha value is -2.33. The number of fused-ring (bicyclic) bond motifs is 3. The molecule has 4 nitrogen and oxygen atoms in total. The summed E-state index contributed by atoms with van der Waals surface area (Å²) in [6.07, 6.45) is -0.584. The highest BCUT2D eigenvalue weighted by Crippen LogP contribution is 2.31. The summed E-state index contributed by atoms with van der Waals surface area (Å²) in [7, 11) is 0. The number of furan rings is 1. The average Bonchev–Trinajstić information content (AvgIpc) is 2.82. The van der Waals surface area contributed by atoms with Crippen molar-refractivity contribution in [2.45, 2.75) is 20.0 Å². The highest BCUT2D eigenvalue weighted by atomic mass is 16.3. The molecule has 1 heterocycles. The highest BCUT2D eigenvalue weighted by Gasteiger charge is 2.18. The number of aryl methyl sites for hydroxylation is 1. The van der Waals surface area contributed by atoms with Gasteiger partial charge in [0.1, 0.15) is 5.58 Å². The van der Waals surface area contributed by atoms with Gasteiger partial charge in [-0.15, -0.1) is 0 Å². The lowest BCUT2D eigenvalue weighted by Gasteiger charge is -2.05. The van der Waals surface area contributed by atoms with Crippen LogP contribution in [0.1, 0.15) is 23.0 Å². The molecular formula is C17H17NO3. The van der Waals surface area contributed by atoms with Gasteiger partial charge in [0.2, 0.25) is 0 Å². The Labute approximate surface area is 122 Å². The van der Waals surface area contributed by atoms with Crippen LogP contribution in [-0.2, 0) is 0 Å². The Morgan fingerprint density at radius 1 is 1.24 bits per heavy atom. The van der Waals surface area contributed by atoms with E-state index in [4.69, 9.17) is 4.42 Å². The minimum Gasteiger partial charge on any atom is -0.450 e. The van der Waals surface area contributed by atoms with E-state index in [1.165, 1.54) is 0 Å². The smallest absolute Gasteiger partial charge is 0.287 e. The van der Waals surface area contributed by atoms with E-state index in [9.17, 15) is 9.90 Å². The van der Waals surface area contributed by atoms with Crippen LogP contribution < -0.4 is 5.32 Å². The summed E-state index contributed by atoms with van der Waals surface area (Å²) >= 11 is 0. The largest absolute Gasteiger partial charge is 0.450 e. The molecule has 0 aliphatic carbocycles. The van der Waals surface area contributed by atoms with Gasteiger partial charge in [0.15, 0.2) is 5.76 Å². The van der Waals surface area contributed by atoms with Crippen LogP contribution in [0.15, 0.2) is 40.8 Å². The summed E-state index contributed by atoms with van der Waals surface area (Å²) < 4.78 is 5.81. The first-order valence-corrected chi connectivity index (χ1v) is 6.95. The Morgan fingerprint density at radius 3 is 2.76 bits per heavy atom. The van der Waals surface area contributed by atoms with Crippen molar-refractivity contribution in [2.24, 2.45) is 0 Å². The molecule has 1 aromatic heterocycles. The molecule has 0 bridgehead atoms. The van der Waals surface area contributed by atoms with E-state index < -0.39 is 6.10 Å². The van der Waals surface area contributed by atoms with Gasteiger partial charge in [-0.2, -0.15) is 0 Å². The van der Waals surface area contributed by atoms with Crippen molar-refractivity contribution in [3.8, 4) is 0 Å². The number of benzene rings is 2. The number of aliphatic hydroxyl groups excluding tert-OH is 1. The third-order valence-corrected chi connectivity index (χ3v) is 3.59. The Bertz CT molecular complexity index is 817. The van der Waals surface area contributed by atoms with Gasteiger partial charge in [0, 0.05) is 22.9 Å². The number of hydrogen-bond donors (Lipinski definition) is 2. The van der Waals surface area contributed by atoms with Gasteiger partial charge in [-0.05, 0) is 19.2 Å². The zero-order valence-electron chi connectivity index (χ0n) is 12.0. The Balaban J connectivity index is 2.10. The quantitative estimate of drug-likeness (QED) is 0.776. The third-order valence-electron chi connectivity index (χ3n) is 3.59. The van der Waals surface area contributed by atoms with Crippen LogP contribution in [0.25, 0.3) is 21.7 Å². The Kier molecular flexibility index (Phi) is 3.39. The van der Waals surface area contributed by atoms with E-state index in [1.807, 2.05) is 43.3 Å². The zero-order chi connectivity index (χ0) is 15.0. The second-order valence-electron chi connectivity index (χ2n) is 5.28. The van der Waals surface area contributed by atoms with Crippen LogP contribution in [-0.4, -0.2) is 23.7 Å². The van der Waals surface area contributed by atoms with Gasteiger partial charge in [-0.25, -0.2) is 0 Å². The number of hydrogen-bond acceptors (Lipinski definition) is 3. The number of aliphatic hydroxyl groups is 1. The fraction of sp³-hybridized carbons (Fsp3) is 0.235. The fourth-order valence-electron chi connectivity index (χ4n) is 2.49. The van der Waals surface area contributed by atoms with E-state index in [2.05, 4.69) is 5.32 Å². The first-order valence-electron chi connectivity index (χ1n) is 6.95. The summed E-state index contributed by atoms with van der Waals surface area (Å²) in [6.45, 7) is 3.70. The number of carbonyl (C=O) groups is 1. The molecule has 0 radical (unpaired) electrons. The molecule has 3 aromatic rings. The standard InChI is InChI=1S/C17H17NO3/c1-10(19)9-18-17(20)15-11(2)13-8-7-12-5-3-4-6-14(12)16(13)21-15/h3-8,10,19H,9H2,1-2H3,(H,18,20). The van der Waals surface area contributed by atoms with E-state index >= 15 is 0 Å². The maximum atomic E-state index is 12.2. The molecule has 0 fully saturated rings. The predicted molar refractivity (Wildman–Crippen MR) is 82.5 cm³/mol. The molecule has 108 valence electrons. The molecule has 3 rings (SSSR count). The highest BCUT2D eigenvalue weighted by molar-refractivity contribution is 6.08. The topological polar surface area (TPSA) is 62.5 Å². The summed E-state index contributed by atoms with van der Waals surface area (Å²) in [6, 6.07) is 11.9. The molecule has 2 aromatic carbocycles. The number of rotatable bonds is 3. The number of nitrogens with one attached hydrogen (secondary N) is 1. The van der Waals surface area contributed by atoms with Crippen LogP contribution in [0, 0.1) is 6.92 Å². The lowest BCUT2D eigenvalue weighted by molar-refractivity contribution is 0.0898. The molecule has 1 amide bonds. The van der Waals surface area contributed by atoms with Crippen LogP contribution in [0.3, 0.4) is 0 Å². The third kappa shape index (κ3) is 2.38. The SMILES string of the molecule is Cc1c(C(=O)NCC(C)O)oc2c1ccc1ccccc12. The normalized spacial score (nSPS) is 12.7. The van der Waals surface area contributed by atoms with Gasteiger partial charge < -0.3 is 14.8 Å². The molecular weight excluding hydrogens is 266 g/mol. The van der Waals surface area contributed by atoms with Crippen molar-refractivity contribution < 1.29 is 14.3 Å². The van der Waals surface area contributed by atoms with Gasteiger partial charge >= 0.3 is 0 Å². The molecule has 1 unspecified atom stereocenters. The molecule has 0 spiro atoms. The second kappa shape index (κ2) is 5.22. The minimum atomic E-state index is -0.584. The van der Waals surface area contributed by atoms with Gasteiger partial charge in [-0.3, -0.25) is 4.79 Å². The average molecular weight is 283 g/mol. The van der Waals surface area contributed by atoms with Gasteiger partial charge in [-0.1, -0.05) is 36.4 Å². The van der Waals surface area contributed by atoms with Gasteiger partial charge in [0.25, 0.3) is 5.91 Å². The maximum absolute atomic E-state index is 12.2. The van der Waals surface area contributed by atoms with E-state index in [0.29, 0.717) is 5.76 Å². The first-order chi connectivity index (χ1) is 10.1. The molecule has 2 N–H and O–H groups in total. The number of carbonyl (C=O) groups excluding carboxylic acids is 1. The molecule has 0 saturated heterocycles. The van der Waals surface area contributed by atoms with Crippen molar-refractivity contribution >= 4 is 27.6 Å². The lowest BCUT2D eigenvalue weighted by Crippen LogP contribution is -2.30. The summed E-state index contributed by atoms with van der Waals surface area (Å²) in [5.41, 5.74) is 1.55. The Morgan fingerprint density at radius 2 is 2.00 bits per heavy atom. The van der Waals surface area contributed by atoms with Crippen LogP contribution in [0.2, 0.25) is 0 Å². The lowest BCUT2D eigenvalue weighted by atomic mass is 10.1.